The van der Waals surface area contributed by atoms with Crippen LogP contribution in [0.25, 0.3) is 10.8 Å². The molecule has 0 spiro atoms. The van der Waals surface area contributed by atoms with Crippen molar-refractivity contribution in [3.8, 4) is 12.3 Å². The van der Waals surface area contributed by atoms with Gasteiger partial charge in [-0.25, -0.2) is 4.79 Å². The zero-order valence-electron chi connectivity index (χ0n) is 10.8. The van der Waals surface area contributed by atoms with E-state index in [9.17, 15) is 4.79 Å². The van der Waals surface area contributed by atoms with Crippen LogP contribution in [0.5, 0.6) is 0 Å². The van der Waals surface area contributed by atoms with Crippen LogP contribution in [-0.4, -0.2) is 12.1 Å². The Morgan fingerprint density at radius 3 is 2.74 bits per heavy atom. The molecule has 0 saturated heterocycles. The van der Waals surface area contributed by atoms with Crippen LogP contribution in [0, 0.1) is 12.3 Å². The summed E-state index contributed by atoms with van der Waals surface area (Å²) in [6.45, 7) is 1.93. The number of nitrogens with one attached hydrogen (secondary N) is 2. The van der Waals surface area contributed by atoms with Crippen LogP contribution < -0.4 is 10.6 Å². The molecule has 19 heavy (non-hydrogen) atoms. The highest BCUT2D eigenvalue weighted by atomic mass is 16.2. The minimum Gasteiger partial charge on any atom is -0.324 e. The summed E-state index contributed by atoms with van der Waals surface area (Å²) >= 11 is 0. The van der Waals surface area contributed by atoms with Crippen molar-refractivity contribution >= 4 is 22.5 Å². The molecule has 96 valence electrons. The molecule has 2 aromatic rings. The Hall–Kier alpha value is -2.47. The standard InChI is InChI=1S/C16H16N2O/c1-3-13(4-2)17-16(19)18-15-11-7-9-12-8-5-6-10-14(12)15/h1,5-11,13H,4H2,2H3,(H2,17,18,19). The number of hydrogen-bond donors (Lipinski definition) is 2. The molecule has 2 amide bonds. The summed E-state index contributed by atoms with van der Waals surface area (Å²) in [6, 6.07) is 13.2. The first-order valence-corrected chi connectivity index (χ1v) is 6.26. The van der Waals surface area contributed by atoms with Crippen molar-refractivity contribution in [2.24, 2.45) is 0 Å². The zero-order valence-corrected chi connectivity index (χ0v) is 10.8. The summed E-state index contributed by atoms with van der Waals surface area (Å²) in [5, 5.41) is 7.68. The van der Waals surface area contributed by atoms with Crippen molar-refractivity contribution in [1.82, 2.24) is 5.32 Å². The summed E-state index contributed by atoms with van der Waals surface area (Å²) in [4.78, 5) is 11.9. The number of fused-ring (bicyclic) bond motifs is 1. The van der Waals surface area contributed by atoms with E-state index in [0.29, 0.717) is 6.42 Å². The quantitative estimate of drug-likeness (QED) is 0.808. The van der Waals surface area contributed by atoms with Gasteiger partial charge in [0.25, 0.3) is 0 Å². The third-order valence-electron chi connectivity index (χ3n) is 2.95. The number of urea groups is 1. The lowest BCUT2D eigenvalue weighted by Crippen LogP contribution is -2.36. The van der Waals surface area contributed by atoms with E-state index in [0.717, 1.165) is 16.5 Å². The average molecular weight is 252 g/mol. The Labute approximate surface area is 113 Å². The molecule has 2 N–H and O–H groups in total. The largest absolute Gasteiger partial charge is 0.324 e. The van der Waals surface area contributed by atoms with Crippen molar-refractivity contribution in [2.75, 3.05) is 5.32 Å². The van der Waals surface area contributed by atoms with Gasteiger partial charge in [0.15, 0.2) is 0 Å². The number of anilines is 1. The van der Waals surface area contributed by atoms with Gasteiger partial charge in [0.05, 0.1) is 11.7 Å². The number of benzene rings is 2. The van der Waals surface area contributed by atoms with Crippen molar-refractivity contribution < 1.29 is 4.79 Å². The molecule has 0 fully saturated rings. The van der Waals surface area contributed by atoms with Crippen LogP contribution in [0.3, 0.4) is 0 Å². The highest BCUT2D eigenvalue weighted by Crippen LogP contribution is 2.22. The van der Waals surface area contributed by atoms with Gasteiger partial charge in [0.1, 0.15) is 0 Å². The molecule has 3 heteroatoms. The molecule has 2 aromatic carbocycles. The van der Waals surface area contributed by atoms with E-state index in [-0.39, 0.29) is 12.1 Å². The second-order valence-corrected chi connectivity index (χ2v) is 4.25. The fourth-order valence-corrected chi connectivity index (χ4v) is 1.91. The van der Waals surface area contributed by atoms with E-state index in [1.807, 2.05) is 49.4 Å². The van der Waals surface area contributed by atoms with Gasteiger partial charge in [-0.1, -0.05) is 49.2 Å². The number of carbonyl (C=O) groups excluding carboxylic acids is 1. The van der Waals surface area contributed by atoms with E-state index in [1.54, 1.807) is 0 Å². The summed E-state index contributed by atoms with van der Waals surface area (Å²) < 4.78 is 0. The monoisotopic (exact) mass is 252 g/mol. The SMILES string of the molecule is C#CC(CC)NC(=O)Nc1cccc2ccccc12. The summed E-state index contributed by atoms with van der Waals surface area (Å²) in [5.74, 6) is 2.53. The highest BCUT2D eigenvalue weighted by Gasteiger charge is 2.08. The fourth-order valence-electron chi connectivity index (χ4n) is 1.91. The minimum absolute atomic E-state index is 0.241. The van der Waals surface area contributed by atoms with Gasteiger partial charge in [-0.05, 0) is 17.9 Å². The zero-order chi connectivity index (χ0) is 13.7. The first kappa shape index (κ1) is 13.0. The van der Waals surface area contributed by atoms with Crippen LogP contribution >= 0.6 is 0 Å². The summed E-state index contributed by atoms with van der Waals surface area (Å²) in [5.41, 5.74) is 0.780. The minimum atomic E-state index is -0.277. The topological polar surface area (TPSA) is 41.1 Å². The van der Waals surface area contributed by atoms with Crippen LogP contribution in [0.1, 0.15) is 13.3 Å². The van der Waals surface area contributed by atoms with Gasteiger partial charge in [0, 0.05) is 5.39 Å². The van der Waals surface area contributed by atoms with Gasteiger partial charge < -0.3 is 10.6 Å². The van der Waals surface area contributed by atoms with E-state index < -0.39 is 0 Å². The maximum atomic E-state index is 11.9. The van der Waals surface area contributed by atoms with E-state index >= 15 is 0 Å². The van der Waals surface area contributed by atoms with Crippen LogP contribution in [0.4, 0.5) is 10.5 Å². The molecule has 0 aliphatic rings. The van der Waals surface area contributed by atoms with E-state index in [4.69, 9.17) is 6.42 Å². The maximum absolute atomic E-state index is 11.9. The Kier molecular flexibility index (Phi) is 4.04. The second kappa shape index (κ2) is 5.92. The Balaban J connectivity index is 2.18. The molecule has 0 radical (unpaired) electrons. The predicted molar refractivity (Wildman–Crippen MR) is 79.0 cm³/mol. The van der Waals surface area contributed by atoms with Crippen molar-refractivity contribution in [3.63, 3.8) is 0 Å². The molecule has 0 heterocycles. The third kappa shape index (κ3) is 3.05. The van der Waals surface area contributed by atoms with Gasteiger partial charge in [0.2, 0.25) is 0 Å². The molecule has 3 nitrogen and oxygen atoms in total. The van der Waals surface area contributed by atoms with Gasteiger partial charge >= 0.3 is 6.03 Å². The average Bonchev–Trinajstić information content (AvgIpc) is 2.45. The smallest absolute Gasteiger partial charge is 0.320 e. The number of carbonyl (C=O) groups is 1. The van der Waals surface area contributed by atoms with E-state index in [1.165, 1.54) is 0 Å². The molecular weight excluding hydrogens is 236 g/mol. The van der Waals surface area contributed by atoms with Crippen molar-refractivity contribution in [1.29, 1.82) is 0 Å². The lowest BCUT2D eigenvalue weighted by molar-refractivity contribution is 0.250. The Morgan fingerprint density at radius 1 is 1.26 bits per heavy atom. The molecule has 1 atom stereocenters. The molecule has 0 aliphatic carbocycles. The number of terminal acetylenes is 1. The van der Waals surface area contributed by atoms with Crippen LogP contribution in [-0.2, 0) is 0 Å². The fraction of sp³-hybridized carbons (Fsp3) is 0.188. The van der Waals surface area contributed by atoms with Gasteiger partial charge in [-0.3, -0.25) is 0 Å². The van der Waals surface area contributed by atoms with Crippen molar-refractivity contribution in [2.45, 2.75) is 19.4 Å². The van der Waals surface area contributed by atoms with Gasteiger partial charge in [-0.15, -0.1) is 6.42 Å². The molecule has 2 rings (SSSR count). The summed E-state index contributed by atoms with van der Waals surface area (Å²) in [7, 11) is 0. The second-order valence-electron chi connectivity index (χ2n) is 4.25. The van der Waals surface area contributed by atoms with Gasteiger partial charge in [-0.2, -0.15) is 0 Å². The van der Waals surface area contributed by atoms with E-state index in [2.05, 4.69) is 16.6 Å². The molecule has 1 unspecified atom stereocenters. The third-order valence-corrected chi connectivity index (χ3v) is 2.95. The predicted octanol–water partition coefficient (Wildman–Crippen LogP) is 3.37. The lowest BCUT2D eigenvalue weighted by atomic mass is 10.1. The maximum Gasteiger partial charge on any atom is 0.320 e. The molecule has 0 aromatic heterocycles. The summed E-state index contributed by atoms with van der Waals surface area (Å²) in [6.07, 6.45) is 6.03. The first-order valence-electron chi connectivity index (χ1n) is 6.26. The molecular formula is C16H16N2O. The Morgan fingerprint density at radius 2 is 2.00 bits per heavy atom. The van der Waals surface area contributed by atoms with Crippen molar-refractivity contribution in [3.05, 3.63) is 42.5 Å². The first-order chi connectivity index (χ1) is 9.24. The normalized spacial score (nSPS) is 11.6. The molecule has 0 aliphatic heterocycles. The number of hydrogen-bond acceptors (Lipinski definition) is 1. The van der Waals surface area contributed by atoms with Crippen LogP contribution in [0.15, 0.2) is 42.5 Å². The highest BCUT2D eigenvalue weighted by molar-refractivity contribution is 6.01. The lowest BCUT2D eigenvalue weighted by Gasteiger charge is -2.13. The van der Waals surface area contributed by atoms with Crippen LogP contribution in [0.2, 0.25) is 0 Å². The molecule has 0 bridgehead atoms. The Bertz CT molecular complexity index is 623. The molecule has 0 saturated carbocycles. The number of amides is 2. The number of rotatable bonds is 3.